The molecule has 1 amide bonds. The summed E-state index contributed by atoms with van der Waals surface area (Å²) in [6.45, 7) is 0. The van der Waals surface area contributed by atoms with E-state index in [2.05, 4.69) is 15.3 Å². The van der Waals surface area contributed by atoms with Crippen molar-refractivity contribution < 1.29 is 4.79 Å². The highest BCUT2D eigenvalue weighted by molar-refractivity contribution is 7.16. The van der Waals surface area contributed by atoms with Gasteiger partial charge in [0.15, 0.2) is 5.13 Å². The minimum absolute atomic E-state index is 0.243. The van der Waals surface area contributed by atoms with Crippen LogP contribution in [0.5, 0.6) is 0 Å². The summed E-state index contributed by atoms with van der Waals surface area (Å²) in [6, 6.07) is 9.20. The lowest BCUT2D eigenvalue weighted by molar-refractivity contribution is 0.102. The maximum atomic E-state index is 11.9. The first-order valence-electron chi connectivity index (χ1n) is 5.55. The van der Waals surface area contributed by atoms with Crippen LogP contribution in [0.1, 0.15) is 10.5 Å². The Morgan fingerprint density at radius 3 is 2.84 bits per heavy atom. The second kappa shape index (κ2) is 5.29. The second-order valence-corrected chi connectivity index (χ2v) is 5.49. The van der Waals surface area contributed by atoms with Crippen LogP contribution in [0.4, 0.5) is 5.13 Å². The summed E-state index contributed by atoms with van der Waals surface area (Å²) in [5.74, 6) is -0.243. The van der Waals surface area contributed by atoms with Crippen molar-refractivity contribution in [1.82, 2.24) is 9.97 Å². The monoisotopic (exact) mass is 287 g/mol. The first-order valence-corrected chi connectivity index (χ1v) is 7.30. The van der Waals surface area contributed by atoms with Gasteiger partial charge < -0.3 is 0 Å². The normalized spacial score (nSPS) is 10.3. The summed E-state index contributed by atoms with van der Waals surface area (Å²) >= 11 is 3.03. The number of hydrogen-bond donors (Lipinski definition) is 1. The molecule has 0 saturated heterocycles. The Kier molecular flexibility index (Phi) is 3.35. The third kappa shape index (κ3) is 2.69. The number of carbonyl (C=O) groups is 1. The van der Waals surface area contributed by atoms with Crippen molar-refractivity contribution in [2.45, 2.75) is 0 Å². The zero-order chi connectivity index (χ0) is 13.1. The van der Waals surface area contributed by atoms with Crippen LogP contribution in [0.3, 0.4) is 0 Å². The van der Waals surface area contributed by atoms with Gasteiger partial charge in [-0.1, -0.05) is 12.1 Å². The van der Waals surface area contributed by atoms with E-state index >= 15 is 0 Å². The molecule has 6 heteroatoms. The van der Waals surface area contributed by atoms with E-state index in [1.165, 1.54) is 11.3 Å². The van der Waals surface area contributed by atoms with Crippen molar-refractivity contribution in [2.75, 3.05) is 5.32 Å². The molecule has 3 aromatic rings. The number of aromatic nitrogens is 2. The molecule has 0 aliphatic rings. The number of pyridine rings is 1. The van der Waals surface area contributed by atoms with Crippen LogP contribution < -0.4 is 5.32 Å². The highest BCUT2D eigenvalue weighted by atomic mass is 32.1. The van der Waals surface area contributed by atoms with Gasteiger partial charge in [-0.2, -0.15) is 0 Å². The first kappa shape index (κ1) is 12.0. The van der Waals surface area contributed by atoms with Crippen LogP contribution >= 0.6 is 22.7 Å². The number of rotatable bonds is 3. The van der Waals surface area contributed by atoms with Gasteiger partial charge in [0.25, 0.3) is 5.91 Å². The fourth-order valence-corrected chi connectivity index (χ4v) is 2.99. The predicted octanol–water partition coefficient (Wildman–Crippen LogP) is 3.52. The Bertz CT molecular complexity index is 677. The highest BCUT2D eigenvalue weighted by Crippen LogP contribution is 2.28. The smallest absolute Gasteiger partial charge is 0.276 e. The summed E-state index contributed by atoms with van der Waals surface area (Å²) in [5.41, 5.74) is 1.27. The van der Waals surface area contributed by atoms with Crippen LogP contribution in [0.2, 0.25) is 0 Å². The molecule has 94 valence electrons. The van der Waals surface area contributed by atoms with E-state index in [0.29, 0.717) is 10.8 Å². The number of carbonyl (C=O) groups excluding carboxylic acids is 1. The van der Waals surface area contributed by atoms with E-state index in [4.69, 9.17) is 0 Å². The molecule has 4 nitrogen and oxygen atoms in total. The second-order valence-electron chi connectivity index (χ2n) is 3.68. The zero-order valence-electron chi connectivity index (χ0n) is 9.74. The Balaban J connectivity index is 1.76. The molecular formula is C13H9N3OS2. The van der Waals surface area contributed by atoms with E-state index in [9.17, 15) is 4.79 Å². The molecule has 19 heavy (non-hydrogen) atoms. The molecule has 0 bridgehead atoms. The number of thiazole rings is 1. The molecule has 0 aromatic carbocycles. The highest BCUT2D eigenvalue weighted by Gasteiger charge is 2.10. The number of thiophene rings is 1. The maximum absolute atomic E-state index is 11.9. The van der Waals surface area contributed by atoms with E-state index in [1.807, 2.05) is 22.9 Å². The fraction of sp³-hybridized carbons (Fsp3) is 0. The number of amides is 1. The summed E-state index contributed by atoms with van der Waals surface area (Å²) in [7, 11) is 0. The molecule has 0 fully saturated rings. The molecule has 0 aliphatic carbocycles. The van der Waals surface area contributed by atoms with Crippen molar-refractivity contribution in [3.63, 3.8) is 0 Å². The van der Waals surface area contributed by atoms with Gasteiger partial charge in [-0.3, -0.25) is 15.1 Å². The quantitative estimate of drug-likeness (QED) is 0.802. The molecule has 0 saturated carbocycles. The van der Waals surface area contributed by atoms with Crippen LogP contribution in [0, 0.1) is 0 Å². The van der Waals surface area contributed by atoms with Crippen LogP contribution in [0.15, 0.2) is 47.3 Å². The third-order valence-corrected chi connectivity index (χ3v) is 4.05. The van der Waals surface area contributed by atoms with Gasteiger partial charge in [0.1, 0.15) is 5.69 Å². The molecule has 1 N–H and O–H groups in total. The van der Waals surface area contributed by atoms with Gasteiger partial charge >= 0.3 is 0 Å². The number of nitrogens with one attached hydrogen (secondary N) is 1. The first-order chi connectivity index (χ1) is 9.33. The molecule has 0 radical (unpaired) electrons. The van der Waals surface area contributed by atoms with Crippen molar-refractivity contribution in [3.05, 3.63) is 53.0 Å². The van der Waals surface area contributed by atoms with Gasteiger partial charge in [-0.05, 0) is 23.6 Å². The van der Waals surface area contributed by atoms with Crippen LogP contribution in [0.25, 0.3) is 10.6 Å². The third-order valence-electron chi connectivity index (χ3n) is 2.40. The minimum atomic E-state index is -0.243. The van der Waals surface area contributed by atoms with E-state index in [-0.39, 0.29) is 5.91 Å². The Labute approximate surface area is 117 Å². The molecular weight excluding hydrogens is 278 g/mol. The SMILES string of the molecule is O=C(Nc1nc(-c2cccs2)cs1)c1ccccn1. The van der Waals surface area contributed by atoms with E-state index in [1.54, 1.807) is 35.7 Å². The lowest BCUT2D eigenvalue weighted by atomic mass is 10.3. The van der Waals surface area contributed by atoms with Crippen molar-refractivity contribution in [3.8, 4) is 10.6 Å². The number of hydrogen-bond acceptors (Lipinski definition) is 5. The van der Waals surface area contributed by atoms with Crippen LogP contribution in [-0.4, -0.2) is 15.9 Å². The summed E-state index contributed by atoms with van der Waals surface area (Å²) in [6.07, 6.45) is 1.59. The lowest BCUT2D eigenvalue weighted by Gasteiger charge is -1.99. The molecule has 0 atom stereocenters. The zero-order valence-corrected chi connectivity index (χ0v) is 11.4. The topological polar surface area (TPSA) is 54.9 Å². The average Bonchev–Trinajstić information content (AvgIpc) is 3.10. The van der Waals surface area contributed by atoms with Crippen molar-refractivity contribution >= 4 is 33.7 Å². The fourth-order valence-electron chi connectivity index (χ4n) is 1.53. The Morgan fingerprint density at radius 1 is 1.16 bits per heavy atom. The van der Waals surface area contributed by atoms with E-state index in [0.717, 1.165) is 10.6 Å². The summed E-state index contributed by atoms with van der Waals surface area (Å²) < 4.78 is 0. The minimum Gasteiger partial charge on any atom is -0.296 e. The van der Waals surface area contributed by atoms with Gasteiger partial charge in [-0.25, -0.2) is 4.98 Å². The molecule has 0 aliphatic heterocycles. The van der Waals surface area contributed by atoms with Gasteiger partial charge in [0, 0.05) is 11.6 Å². The predicted molar refractivity (Wildman–Crippen MR) is 77.6 cm³/mol. The Morgan fingerprint density at radius 2 is 2.11 bits per heavy atom. The van der Waals surface area contributed by atoms with Gasteiger partial charge in [0.2, 0.25) is 0 Å². The van der Waals surface area contributed by atoms with E-state index < -0.39 is 0 Å². The summed E-state index contributed by atoms with van der Waals surface area (Å²) in [5, 5.41) is 7.26. The van der Waals surface area contributed by atoms with Crippen molar-refractivity contribution in [2.24, 2.45) is 0 Å². The lowest BCUT2D eigenvalue weighted by Crippen LogP contribution is -2.13. The van der Waals surface area contributed by atoms with Gasteiger partial charge in [-0.15, -0.1) is 22.7 Å². The molecule has 0 spiro atoms. The van der Waals surface area contributed by atoms with Crippen LogP contribution in [-0.2, 0) is 0 Å². The Hall–Kier alpha value is -2.05. The average molecular weight is 287 g/mol. The molecule has 3 aromatic heterocycles. The number of anilines is 1. The number of nitrogens with zero attached hydrogens (tertiary/aromatic N) is 2. The largest absolute Gasteiger partial charge is 0.296 e. The molecule has 0 unspecified atom stereocenters. The summed E-state index contributed by atoms with van der Waals surface area (Å²) in [4.78, 5) is 21.4. The molecule has 3 rings (SSSR count). The van der Waals surface area contributed by atoms with Crippen molar-refractivity contribution in [1.29, 1.82) is 0 Å². The van der Waals surface area contributed by atoms with Gasteiger partial charge in [0.05, 0.1) is 10.6 Å². The standard InChI is InChI=1S/C13H9N3OS2/c17-12(9-4-1-2-6-14-9)16-13-15-10(8-19-13)11-5-3-7-18-11/h1-8H,(H,15,16,17). The molecule has 3 heterocycles. The maximum Gasteiger partial charge on any atom is 0.276 e.